The van der Waals surface area contributed by atoms with Crippen molar-refractivity contribution in [3.05, 3.63) is 11.9 Å². The Labute approximate surface area is 355 Å². The summed E-state index contributed by atoms with van der Waals surface area (Å²) in [4.78, 5) is 27.8. The van der Waals surface area contributed by atoms with Crippen molar-refractivity contribution in [2.24, 2.45) is 5.92 Å². The minimum Gasteiger partial charge on any atom is -0.465 e. The van der Waals surface area contributed by atoms with Crippen LogP contribution in [0.4, 0.5) is 0 Å². The number of rotatable bonds is 45. The quantitative estimate of drug-likeness (QED) is 0.0469. The van der Waals surface area contributed by atoms with Gasteiger partial charge in [-0.1, -0.05) is 163 Å². The third-order valence-corrected chi connectivity index (χ3v) is 11.6. The van der Waals surface area contributed by atoms with Gasteiger partial charge in [-0.2, -0.15) is 0 Å². The minimum atomic E-state index is -0.0156. The van der Waals surface area contributed by atoms with Gasteiger partial charge < -0.3 is 25.0 Å². The van der Waals surface area contributed by atoms with Crippen molar-refractivity contribution < 1.29 is 19.1 Å². The van der Waals surface area contributed by atoms with E-state index in [-0.39, 0.29) is 18.0 Å². The lowest BCUT2D eigenvalue weighted by Gasteiger charge is -2.23. The fraction of sp³-hybridized carbons (Fsp3) is 0.920. The van der Waals surface area contributed by atoms with Gasteiger partial charge in [0.15, 0.2) is 0 Å². The van der Waals surface area contributed by atoms with Crippen LogP contribution in [0.2, 0.25) is 0 Å². The Morgan fingerprint density at radius 2 is 0.965 bits per heavy atom. The maximum atomic E-state index is 12.8. The Morgan fingerprint density at radius 3 is 1.46 bits per heavy atom. The molecule has 0 spiro atoms. The molecule has 0 rings (SSSR count). The average Bonchev–Trinajstić information content (AvgIpc) is 3.21. The number of nitrogens with one attached hydrogen (secondary N) is 2. The van der Waals surface area contributed by atoms with Crippen LogP contribution in [0, 0.1) is 5.92 Å². The topological polar surface area (TPSA) is 79.9 Å². The van der Waals surface area contributed by atoms with Crippen molar-refractivity contribution in [2.45, 2.75) is 253 Å². The lowest BCUT2D eigenvalue weighted by atomic mass is 10.0. The molecule has 338 valence electrons. The predicted octanol–water partition coefficient (Wildman–Crippen LogP) is 14.0. The van der Waals surface area contributed by atoms with Gasteiger partial charge in [-0.25, -0.2) is 0 Å². The van der Waals surface area contributed by atoms with Crippen molar-refractivity contribution in [3.63, 3.8) is 0 Å². The SMILES string of the molecule is C/C=C(\NC)NCCCN(CCCCCCCC(=O)OCC(C)CCCCCCC)CCCCCCCC(=O)OC(CCCCCCCC)CCCCCCCC. The molecule has 0 aromatic carbocycles. The van der Waals surface area contributed by atoms with Gasteiger partial charge in [-0.15, -0.1) is 0 Å². The van der Waals surface area contributed by atoms with E-state index in [0.29, 0.717) is 25.4 Å². The Bertz CT molecular complexity index is 881. The van der Waals surface area contributed by atoms with E-state index in [9.17, 15) is 9.59 Å². The van der Waals surface area contributed by atoms with Gasteiger partial charge in [0, 0.05) is 26.4 Å². The molecule has 0 bridgehead atoms. The molecule has 1 unspecified atom stereocenters. The third kappa shape index (κ3) is 39.5. The van der Waals surface area contributed by atoms with E-state index < -0.39 is 0 Å². The molecule has 0 heterocycles. The first-order chi connectivity index (χ1) is 27.9. The molecule has 7 heteroatoms. The molecule has 0 aliphatic carbocycles. The molecular weight excluding hydrogens is 707 g/mol. The van der Waals surface area contributed by atoms with E-state index in [1.54, 1.807) is 0 Å². The molecule has 7 nitrogen and oxygen atoms in total. The van der Waals surface area contributed by atoms with Gasteiger partial charge in [0.1, 0.15) is 6.10 Å². The van der Waals surface area contributed by atoms with Crippen LogP contribution in [-0.2, 0) is 19.1 Å². The van der Waals surface area contributed by atoms with E-state index in [4.69, 9.17) is 9.47 Å². The second-order valence-corrected chi connectivity index (χ2v) is 17.3. The zero-order chi connectivity index (χ0) is 41.9. The van der Waals surface area contributed by atoms with Crippen LogP contribution in [0.15, 0.2) is 11.9 Å². The Balaban J connectivity index is 4.40. The number of nitrogens with zero attached hydrogens (tertiary/aromatic N) is 1. The molecule has 0 saturated carbocycles. The monoisotopic (exact) mass is 806 g/mol. The number of carbonyl (C=O) groups is 2. The zero-order valence-electron chi connectivity index (χ0n) is 39.2. The van der Waals surface area contributed by atoms with Crippen LogP contribution in [0.5, 0.6) is 0 Å². The highest BCUT2D eigenvalue weighted by Crippen LogP contribution is 2.19. The van der Waals surface area contributed by atoms with Crippen LogP contribution in [0.25, 0.3) is 0 Å². The second kappa shape index (κ2) is 43.8. The number of carbonyl (C=O) groups excluding carboxylic acids is 2. The van der Waals surface area contributed by atoms with Crippen molar-refractivity contribution in [1.82, 2.24) is 15.5 Å². The summed E-state index contributed by atoms with van der Waals surface area (Å²) in [5.74, 6) is 1.57. The summed E-state index contributed by atoms with van der Waals surface area (Å²) in [5.41, 5.74) is 0. The van der Waals surface area contributed by atoms with E-state index in [2.05, 4.69) is 56.2 Å². The standard InChI is InChI=1S/C50H99N3O4/c1-7-11-14-17-22-29-37-47(38-30-23-18-15-12-8-2)57-50(55)40-32-25-20-27-34-43-53(44-35-41-52-48(10-4)51-6)42-33-26-19-24-31-39-49(54)56-45-46(5)36-28-21-16-13-9-3/h10,46-47,51-52H,7-9,11-45H2,1-6H3/b48-10+. The highest BCUT2D eigenvalue weighted by molar-refractivity contribution is 5.69. The Morgan fingerprint density at radius 1 is 0.544 bits per heavy atom. The number of ether oxygens (including phenoxy) is 2. The van der Waals surface area contributed by atoms with Crippen LogP contribution in [-0.4, -0.2) is 62.8 Å². The molecule has 0 fully saturated rings. The summed E-state index contributed by atoms with van der Waals surface area (Å²) >= 11 is 0. The summed E-state index contributed by atoms with van der Waals surface area (Å²) in [6, 6.07) is 0. The van der Waals surface area contributed by atoms with Crippen LogP contribution < -0.4 is 10.6 Å². The second-order valence-electron chi connectivity index (χ2n) is 17.3. The molecule has 1 atom stereocenters. The van der Waals surface area contributed by atoms with Gasteiger partial charge in [-0.3, -0.25) is 9.59 Å². The Hall–Kier alpha value is -1.76. The van der Waals surface area contributed by atoms with Crippen molar-refractivity contribution in [1.29, 1.82) is 0 Å². The first-order valence-electron chi connectivity index (χ1n) is 25.0. The molecule has 0 aliphatic rings. The number of allylic oxidation sites excluding steroid dienone is 1. The summed E-state index contributed by atoms with van der Waals surface area (Å²) in [5, 5.41) is 6.72. The lowest BCUT2D eigenvalue weighted by Crippen LogP contribution is -2.31. The summed E-state index contributed by atoms with van der Waals surface area (Å²) in [7, 11) is 1.96. The van der Waals surface area contributed by atoms with Crippen molar-refractivity contribution in [2.75, 3.05) is 39.8 Å². The van der Waals surface area contributed by atoms with E-state index in [1.807, 2.05) is 7.05 Å². The highest BCUT2D eigenvalue weighted by atomic mass is 16.5. The average molecular weight is 806 g/mol. The number of hydrogen-bond donors (Lipinski definition) is 2. The first kappa shape index (κ1) is 55.2. The normalized spacial score (nSPS) is 12.4. The maximum absolute atomic E-state index is 12.8. The minimum absolute atomic E-state index is 0.0156. The van der Waals surface area contributed by atoms with Gasteiger partial charge in [-0.05, 0) is 103 Å². The van der Waals surface area contributed by atoms with Crippen LogP contribution in [0.1, 0.15) is 247 Å². The lowest BCUT2D eigenvalue weighted by molar-refractivity contribution is -0.150. The fourth-order valence-electron chi connectivity index (χ4n) is 7.76. The number of unbranched alkanes of at least 4 members (excludes halogenated alkanes) is 22. The highest BCUT2D eigenvalue weighted by Gasteiger charge is 2.15. The molecule has 0 saturated heterocycles. The first-order valence-corrected chi connectivity index (χ1v) is 25.0. The number of hydrogen-bond acceptors (Lipinski definition) is 7. The van der Waals surface area contributed by atoms with Gasteiger partial charge in [0.25, 0.3) is 0 Å². The van der Waals surface area contributed by atoms with Crippen molar-refractivity contribution in [3.8, 4) is 0 Å². The zero-order valence-corrected chi connectivity index (χ0v) is 39.2. The molecule has 0 aromatic heterocycles. The molecular formula is C50H99N3O4. The molecule has 0 radical (unpaired) electrons. The molecule has 0 amide bonds. The predicted molar refractivity (Wildman–Crippen MR) is 247 cm³/mol. The molecule has 0 aliphatic heterocycles. The summed E-state index contributed by atoms with van der Waals surface area (Å²) < 4.78 is 11.7. The summed E-state index contributed by atoms with van der Waals surface area (Å²) in [6.07, 6.45) is 41.0. The van der Waals surface area contributed by atoms with E-state index >= 15 is 0 Å². The summed E-state index contributed by atoms with van der Waals surface area (Å²) in [6.45, 7) is 16.0. The fourth-order valence-corrected chi connectivity index (χ4v) is 7.76. The number of esters is 2. The molecule has 57 heavy (non-hydrogen) atoms. The smallest absolute Gasteiger partial charge is 0.306 e. The Kier molecular flexibility index (Phi) is 42.5. The van der Waals surface area contributed by atoms with Crippen molar-refractivity contribution >= 4 is 11.9 Å². The molecule has 2 N–H and O–H groups in total. The van der Waals surface area contributed by atoms with Crippen LogP contribution in [0.3, 0.4) is 0 Å². The van der Waals surface area contributed by atoms with Gasteiger partial charge in [0.05, 0.1) is 12.4 Å². The molecule has 0 aromatic rings. The van der Waals surface area contributed by atoms with Gasteiger partial charge in [0.2, 0.25) is 0 Å². The third-order valence-electron chi connectivity index (χ3n) is 11.6. The maximum Gasteiger partial charge on any atom is 0.306 e. The largest absolute Gasteiger partial charge is 0.465 e. The van der Waals surface area contributed by atoms with E-state index in [1.165, 1.54) is 148 Å². The van der Waals surface area contributed by atoms with Gasteiger partial charge >= 0.3 is 11.9 Å². The van der Waals surface area contributed by atoms with E-state index in [0.717, 1.165) is 83.4 Å². The van der Waals surface area contributed by atoms with Crippen LogP contribution >= 0.6 is 0 Å².